The molecule has 4 rings (SSSR count). The van der Waals surface area contributed by atoms with Gasteiger partial charge < -0.3 is 23.5 Å². The van der Waals surface area contributed by atoms with E-state index in [1.807, 2.05) is 32.9 Å². The van der Waals surface area contributed by atoms with Crippen LogP contribution < -0.4 is 20.4 Å². The van der Waals surface area contributed by atoms with Crippen molar-refractivity contribution in [3.8, 4) is 12.1 Å². The summed E-state index contributed by atoms with van der Waals surface area (Å²) in [5.41, 5.74) is 0.656. The molecule has 1 aliphatic rings. The van der Waals surface area contributed by atoms with Gasteiger partial charge in [-0.1, -0.05) is 59.6 Å². The maximum Gasteiger partial charge on any atom is 0.500 e. The van der Waals surface area contributed by atoms with Gasteiger partial charge in [0.25, 0.3) is 0 Å². The number of nitriles is 2. The molecular formula is C36H40Cl2N6O6Si. The zero-order valence-electron chi connectivity index (χ0n) is 28.6. The first-order valence-electron chi connectivity index (χ1n) is 16.6. The van der Waals surface area contributed by atoms with Crippen molar-refractivity contribution in [3.63, 3.8) is 0 Å². The molecule has 0 bridgehead atoms. The number of amides is 2. The van der Waals surface area contributed by atoms with Crippen LogP contribution in [-0.2, 0) is 22.9 Å². The molecule has 0 spiro atoms. The highest BCUT2D eigenvalue weighted by molar-refractivity contribution is 6.60. The number of carbonyl (C=O) groups is 3. The Morgan fingerprint density at radius 3 is 1.90 bits per heavy atom. The molecule has 1 fully saturated rings. The number of ketones is 1. The van der Waals surface area contributed by atoms with Crippen molar-refractivity contribution >= 4 is 67.7 Å². The molecule has 51 heavy (non-hydrogen) atoms. The minimum absolute atomic E-state index is 0.0504. The summed E-state index contributed by atoms with van der Waals surface area (Å²) in [6.07, 6.45) is 1.18. The fourth-order valence-corrected chi connectivity index (χ4v) is 9.43. The molecular weight excluding hydrogens is 711 g/mol. The number of hydrogen-bond acceptors (Lipinski definition) is 10. The topological polar surface area (TPSA) is 157 Å². The first-order valence-corrected chi connectivity index (χ1v) is 19.3. The number of anilines is 3. The number of para-hydroxylation sites is 2. The molecule has 1 heterocycles. The normalized spacial score (nSPS) is 16.9. The van der Waals surface area contributed by atoms with E-state index in [4.69, 9.17) is 36.5 Å². The molecule has 0 saturated carbocycles. The first-order chi connectivity index (χ1) is 24.7. The highest BCUT2D eigenvalue weighted by Gasteiger charge is 2.46. The number of halogens is 2. The molecule has 2 unspecified atom stereocenters. The molecule has 12 nitrogen and oxygen atoms in total. The van der Waals surface area contributed by atoms with Crippen LogP contribution in [0.1, 0.15) is 55.1 Å². The third-order valence-corrected chi connectivity index (χ3v) is 12.4. The van der Waals surface area contributed by atoms with E-state index in [2.05, 4.69) is 16.7 Å². The Bertz CT molecular complexity index is 1740. The zero-order chi connectivity index (χ0) is 37.0. The van der Waals surface area contributed by atoms with Crippen LogP contribution in [0.3, 0.4) is 0 Å². The van der Waals surface area contributed by atoms with Gasteiger partial charge in [0.1, 0.15) is 12.1 Å². The molecule has 1 aliphatic heterocycles. The monoisotopic (exact) mass is 750 g/mol. The van der Waals surface area contributed by atoms with Gasteiger partial charge in [-0.3, -0.25) is 24.6 Å². The van der Waals surface area contributed by atoms with Crippen LogP contribution in [0.4, 0.5) is 17.1 Å². The van der Waals surface area contributed by atoms with Crippen LogP contribution >= 0.6 is 23.2 Å². The van der Waals surface area contributed by atoms with Gasteiger partial charge >= 0.3 is 8.80 Å². The second-order valence-electron chi connectivity index (χ2n) is 11.4. The second kappa shape index (κ2) is 18.8. The van der Waals surface area contributed by atoms with E-state index in [1.165, 1.54) is 9.80 Å². The van der Waals surface area contributed by atoms with Crippen molar-refractivity contribution in [1.82, 2.24) is 5.32 Å². The largest absolute Gasteiger partial charge is 0.500 e. The van der Waals surface area contributed by atoms with Crippen molar-refractivity contribution in [2.24, 2.45) is 0 Å². The Morgan fingerprint density at radius 1 is 0.882 bits per heavy atom. The van der Waals surface area contributed by atoms with Gasteiger partial charge in [-0.25, -0.2) is 0 Å². The Labute approximate surface area is 309 Å². The molecule has 15 heteroatoms. The predicted octanol–water partition coefficient (Wildman–Crippen LogP) is 6.15. The van der Waals surface area contributed by atoms with Gasteiger partial charge in [0.2, 0.25) is 12.8 Å². The van der Waals surface area contributed by atoms with E-state index in [-0.39, 0.29) is 45.4 Å². The lowest BCUT2D eigenvalue weighted by atomic mass is 9.92. The van der Waals surface area contributed by atoms with E-state index in [0.717, 1.165) is 0 Å². The minimum Gasteiger partial charge on any atom is -0.383 e. The lowest BCUT2D eigenvalue weighted by molar-refractivity contribution is -0.108. The Kier molecular flexibility index (Phi) is 14.5. The van der Waals surface area contributed by atoms with Gasteiger partial charge in [-0.2, -0.15) is 10.5 Å². The number of carbonyl (C=O) groups excluding carboxylic acids is 3. The zero-order valence-corrected chi connectivity index (χ0v) is 31.1. The van der Waals surface area contributed by atoms with Crippen LogP contribution in [0.5, 0.6) is 0 Å². The molecule has 268 valence electrons. The molecule has 0 aliphatic carbocycles. The number of nitrogens with one attached hydrogen (secondary N) is 2. The minimum atomic E-state index is -2.98. The predicted molar refractivity (Wildman–Crippen MR) is 198 cm³/mol. The fourth-order valence-electron chi connectivity index (χ4n) is 6.30. The second-order valence-corrected chi connectivity index (χ2v) is 14.9. The van der Waals surface area contributed by atoms with E-state index in [0.29, 0.717) is 56.5 Å². The Morgan fingerprint density at radius 2 is 1.41 bits per heavy atom. The number of nitrogens with zero attached hydrogens (tertiary/aromatic N) is 4. The molecule has 2 amide bonds. The SMILES string of the molecule is CCO[Si](CCCNc1c(C#N)c(Cl)c(Cl)c(C(=O)[C@H]2NC(N(C=O)c3ccccc3)CC2N(C=O)c2ccccc2)c1C#N)(OCC)OCC. The summed E-state index contributed by atoms with van der Waals surface area (Å²) in [6.45, 7) is 7.08. The molecule has 3 atom stereocenters. The first kappa shape index (κ1) is 39.5. The van der Waals surface area contributed by atoms with Gasteiger partial charge in [0.05, 0.1) is 50.7 Å². The smallest absolute Gasteiger partial charge is 0.383 e. The highest BCUT2D eigenvalue weighted by Crippen LogP contribution is 2.40. The van der Waals surface area contributed by atoms with E-state index in [1.54, 1.807) is 54.6 Å². The summed E-state index contributed by atoms with van der Waals surface area (Å²) in [5, 5.41) is 26.5. The summed E-state index contributed by atoms with van der Waals surface area (Å²) in [5.74, 6) is -0.643. The van der Waals surface area contributed by atoms with E-state index >= 15 is 0 Å². The molecule has 2 N–H and O–H groups in total. The average molecular weight is 752 g/mol. The molecule has 3 aromatic rings. The third-order valence-electron chi connectivity index (χ3n) is 8.44. The lowest BCUT2D eigenvalue weighted by Gasteiger charge is -2.29. The maximum absolute atomic E-state index is 14.7. The van der Waals surface area contributed by atoms with Crippen molar-refractivity contribution in [2.75, 3.05) is 41.5 Å². The number of rotatable bonds is 19. The summed E-state index contributed by atoms with van der Waals surface area (Å²) in [6, 6.07) is 20.2. The van der Waals surface area contributed by atoms with Gasteiger partial charge in [0.15, 0.2) is 5.78 Å². The van der Waals surface area contributed by atoms with Crippen LogP contribution in [0.15, 0.2) is 60.7 Å². The quantitative estimate of drug-likeness (QED) is 0.0630. The summed E-state index contributed by atoms with van der Waals surface area (Å²) >= 11 is 13.4. The molecule has 0 aromatic heterocycles. The van der Waals surface area contributed by atoms with Crippen molar-refractivity contribution in [3.05, 3.63) is 87.4 Å². The summed E-state index contributed by atoms with van der Waals surface area (Å²) in [4.78, 5) is 42.7. The Balaban J connectivity index is 1.75. The average Bonchev–Trinajstić information content (AvgIpc) is 3.57. The summed E-state index contributed by atoms with van der Waals surface area (Å²) < 4.78 is 17.8. The van der Waals surface area contributed by atoms with E-state index in [9.17, 15) is 24.9 Å². The Hall–Kier alpha value is -4.31. The van der Waals surface area contributed by atoms with Crippen LogP contribution in [0.25, 0.3) is 0 Å². The van der Waals surface area contributed by atoms with Gasteiger partial charge in [-0.15, -0.1) is 0 Å². The van der Waals surface area contributed by atoms with E-state index < -0.39 is 32.8 Å². The van der Waals surface area contributed by atoms with Crippen LogP contribution in [0.2, 0.25) is 16.1 Å². The number of benzene rings is 3. The summed E-state index contributed by atoms with van der Waals surface area (Å²) in [7, 11) is -2.98. The molecule has 0 radical (unpaired) electrons. The third kappa shape index (κ3) is 8.77. The van der Waals surface area contributed by atoms with Crippen molar-refractivity contribution in [1.29, 1.82) is 10.5 Å². The van der Waals surface area contributed by atoms with Gasteiger partial charge in [0, 0.05) is 50.2 Å². The van der Waals surface area contributed by atoms with Crippen molar-refractivity contribution in [2.45, 2.75) is 57.9 Å². The molecule has 1 saturated heterocycles. The fraction of sp³-hybridized carbons (Fsp3) is 0.361. The van der Waals surface area contributed by atoms with Crippen LogP contribution in [0, 0.1) is 22.7 Å². The standard InChI is InChI=1S/C36H40Cl2N6O6Si/c1-4-48-51(49-5-2,50-6-3)19-13-18-41-34-27(21-39)31(33(38)32(37)28(34)22-40)36(47)35-29(43(23-45)25-14-9-7-10-15-25)20-30(42-35)44(24-46)26-16-11-8-12-17-26/h7-12,14-17,23-24,29-30,35,41-42H,4-6,13,18-20H2,1-3H3/t29?,30?,35-/m0/s1. The number of Topliss-reactive ketones (excluding diaryl/α,β-unsaturated/α-hetero) is 1. The highest BCUT2D eigenvalue weighted by atomic mass is 35.5. The maximum atomic E-state index is 14.7. The van der Waals surface area contributed by atoms with Gasteiger partial charge in [-0.05, 0) is 51.5 Å². The number of hydrogen-bond donors (Lipinski definition) is 2. The molecule has 3 aromatic carbocycles. The van der Waals surface area contributed by atoms with Crippen molar-refractivity contribution < 1.29 is 27.7 Å². The lowest BCUT2D eigenvalue weighted by Crippen LogP contribution is -2.50. The van der Waals surface area contributed by atoms with Crippen LogP contribution in [-0.4, -0.2) is 72.0 Å².